The number of aromatic nitrogens is 4. The Hall–Kier alpha value is -5.39. The van der Waals surface area contributed by atoms with Crippen LogP contribution in [0.1, 0.15) is 16.2 Å². The number of nitrogens with zero attached hydrogens (tertiary/aromatic N) is 4. The van der Waals surface area contributed by atoms with Gasteiger partial charge in [-0.15, -0.1) is 5.10 Å². The summed E-state index contributed by atoms with van der Waals surface area (Å²) in [4.78, 5) is 21.8. The molecule has 1 amide bonds. The van der Waals surface area contributed by atoms with Crippen molar-refractivity contribution in [2.45, 2.75) is 6.92 Å². The summed E-state index contributed by atoms with van der Waals surface area (Å²) < 4.78 is 45.0. The van der Waals surface area contributed by atoms with Gasteiger partial charge in [-0.2, -0.15) is 5.10 Å². The molecule has 0 unspecified atom stereocenters. The van der Waals surface area contributed by atoms with Crippen LogP contribution in [0.25, 0.3) is 22.2 Å². The zero-order valence-corrected chi connectivity index (χ0v) is 22.5. The van der Waals surface area contributed by atoms with E-state index in [1.54, 1.807) is 38.2 Å². The van der Waals surface area contributed by atoms with Gasteiger partial charge in [0.05, 0.1) is 31.1 Å². The van der Waals surface area contributed by atoms with Gasteiger partial charge in [-0.1, -0.05) is 12.1 Å². The number of aryl methyl sites for hydroxylation is 1. The number of hydrogen-bond acceptors (Lipinski definition) is 9. The van der Waals surface area contributed by atoms with Crippen molar-refractivity contribution in [2.24, 2.45) is 0 Å². The third-order valence-electron chi connectivity index (χ3n) is 6.18. The zero-order chi connectivity index (χ0) is 29.1. The number of nitrogens with one attached hydrogen (secondary N) is 2. The van der Waals surface area contributed by atoms with Gasteiger partial charge in [0, 0.05) is 42.7 Å². The summed E-state index contributed by atoms with van der Waals surface area (Å²) in [5.41, 5.74) is 3.13. The molecule has 208 valence electrons. The minimum Gasteiger partial charge on any atom is -0.491 e. The highest BCUT2D eigenvalue weighted by atomic mass is 19.1. The maximum Gasteiger partial charge on any atom is 0.278 e. The number of anilines is 2. The number of ether oxygens (including phenoxy) is 3. The van der Waals surface area contributed by atoms with E-state index in [2.05, 4.69) is 30.8 Å². The van der Waals surface area contributed by atoms with Crippen LogP contribution in [0.4, 0.5) is 20.2 Å². The van der Waals surface area contributed by atoms with E-state index in [9.17, 15) is 9.18 Å². The van der Waals surface area contributed by atoms with Crippen molar-refractivity contribution in [3.05, 3.63) is 83.8 Å². The minimum absolute atomic E-state index is 0.0168. The van der Waals surface area contributed by atoms with Gasteiger partial charge < -0.3 is 24.8 Å². The van der Waals surface area contributed by atoms with E-state index in [0.29, 0.717) is 39.3 Å². The Morgan fingerprint density at radius 2 is 1.68 bits per heavy atom. The monoisotopic (exact) mass is 558 g/mol. The number of hydrogen-bond donors (Lipinski definition) is 2. The lowest BCUT2D eigenvalue weighted by atomic mass is 10.0. The van der Waals surface area contributed by atoms with Crippen molar-refractivity contribution in [1.82, 2.24) is 20.2 Å². The van der Waals surface area contributed by atoms with Gasteiger partial charge in [0.15, 0.2) is 28.8 Å². The summed E-state index contributed by atoms with van der Waals surface area (Å²) in [5.74, 6) is -0.988. The van der Waals surface area contributed by atoms with Gasteiger partial charge >= 0.3 is 0 Å². The van der Waals surface area contributed by atoms with Crippen LogP contribution in [-0.2, 0) is 0 Å². The Balaban J connectivity index is 1.41. The number of benzene rings is 2. The largest absolute Gasteiger partial charge is 0.491 e. The molecule has 41 heavy (non-hydrogen) atoms. The molecule has 0 aliphatic rings. The third kappa shape index (κ3) is 5.39. The number of amides is 1. The molecule has 12 heteroatoms. The van der Waals surface area contributed by atoms with Crippen molar-refractivity contribution >= 4 is 28.3 Å². The molecule has 0 atom stereocenters. The first-order chi connectivity index (χ1) is 19.8. The maximum atomic E-state index is 15.1. The molecule has 0 spiro atoms. The smallest absolute Gasteiger partial charge is 0.278 e. The fourth-order valence-corrected chi connectivity index (χ4v) is 4.25. The molecule has 3 heterocycles. The molecule has 2 N–H and O–H groups in total. The van der Waals surface area contributed by atoms with Gasteiger partial charge in [-0.25, -0.2) is 13.8 Å². The summed E-state index contributed by atoms with van der Waals surface area (Å²) in [6.45, 7) is 1.73. The number of pyridine rings is 2. The lowest BCUT2D eigenvalue weighted by Crippen LogP contribution is -2.18. The van der Waals surface area contributed by atoms with Crippen LogP contribution in [0.2, 0.25) is 0 Å². The van der Waals surface area contributed by atoms with Crippen molar-refractivity contribution < 1.29 is 27.8 Å². The summed E-state index contributed by atoms with van der Waals surface area (Å²) in [6, 6.07) is 13.0. The molecule has 2 aromatic carbocycles. The molecule has 0 bridgehead atoms. The van der Waals surface area contributed by atoms with E-state index in [1.165, 1.54) is 44.7 Å². The SMILES string of the molecule is CNc1c(C(=O)Nc2ccc(Oc3ccnc4cc(OC)c(OC)nc34)c(F)c2)nnc(C)c1-c1ccc(F)cc1. The zero-order valence-electron chi connectivity index (χ0n) is 22.5. The highest BCUT2D eigenvalue weighted by molar-refractivity contribution is 6.08. The number of methoxy groups -OCH3 is 2. The van der Waals surface area contributed by atoms with Crippen LogP contribution in [0, 0.1) is 18.6 Å². The van der Waals surface area contributed by atoms with Crippen LogP contribution in [-0.4, -0.2) is 47.3 Å². The average Bonchev–Trinajstić information content (AvgIpc) is 2.98. The van der Waals surface area contributed by atoms with Gasteiger partial charge in [0.2, 0.25) is 0 Å². The predicted octanol–water partition coefficient (Wildman–Crippen LogP) is 5.78. The highest BCUT2D eigenvalue weighted by Gasteiger charge is 2.21. The molecule has 0 saturated carbocycles. The second-order valence-corrected chi connectivity index (χ2v) is 8.72. The van der Waals surface area contributed by atoms with Crippen LogP contribution in [0.3, 0.4) is 0 Å². The fourth-order valence-electron chi connectivity index (χ4n) is 4.25. The number of halogens is 2. The molecule has 0 aliphatic heterocycles. The van der Waals surface area contributed by atoms with E-state index in [0.717, 1.165) is 6.07 Å². The molecule has 5 aromatic rings. The summed E-state index contributed by atoms with van der Waals surface area (Å²) >= 11 is 0. The number of fused-ring (bicyclic) bond motifs is 1. The molecular weight excluding hydrogens is 534 g/mol. The second-order valence-electron chi connectivity index (χ2n) is 8.72. The summed E-state index contributed by atoms with van der Waals surface area (Å²) in [7, 11) is 4.57. The first-order valence-corrected chi connectivity index (χ1v) is 12.3. The quantitative estimate of drug-likeness (QED) is 0.244. The Morgan fingerprint density at radius 1 is 0.902 bits per heavy atom. The predicted molar refractivity (Wildman–Crippen MR) is 149 cm³/mol. The lowest BCUT2D eigenvalue weighted by molar-refractivity contribution is 0.102. The molecular formula is C29H24F2N6O4. The number of carbonyl (C=O) groups excluding carboxylic acids is 1. The van der Waals surface area contributed by atoms with Crippen LogP contribution in [0.15, 0.2) is 60.8 Å². The first-order valence-electron chi connectivity index (χ1n) is 12.3. The molecule has 5 rings (SSSR count). The van der Waals surface area contributed by atoms with Crippen molar-refractivity contribution in [3.63, 3.8) is 0 Å². The Bertz CT molecular complexity index is 1770. The van der Waals surface area contributed by atoms with Gasteiger partial charge in [0.1, 0.15) is 11.3 Å². The normalized spacial score (nSPS) is 10.8. The average molecular weight is 559 g/mol. The van der Waals surface area contributed by atoms with E-state index in [1.807, 2.05) is 0 Å². The molecule has 3 aromatic heterocycles. The molecule has 10 nitrogen and oxygen atoms in total. The van der Waals surface area contributed by atoms with Gasteiger partial charge in [-0.3, -0.25) is 9.78 Å². The molecule has 0 fully saturated rings. The van der Waals surface area contributed by atoms with E-state index in [4.69, 9.17) is 14.2 Å². The van der Waals surface area contributed by atoms with Crippen LogP contribution in [0.5, 0.6) is 23.1 Å². The van der Waals surface area contributed by atoms with E-state index < -0.39 is 11.7 Å². The van der Waals surface area contributed by atoms with Crippen LogP contribution >= 0.6 is 0 Å². The third-order valence-corrected chi connectivity index (χ3v) is 6.18. The van der Waals surface area contributed by atoms with Crippen LogP contribution < -0.4 is 24.8 Å². The molecule has 0 aliphatic carbocycles. The van der Waals surface area contributed by atoms with E-state index >= 15 is 4.39 Å². The van der Waals surface area contributed by atoms with Crippen molar-refractivity contribution in [1.29, 1.82) is 0 Å². The second kappa shape index (κ2) is 11.4. The van der Waals surface area contributed by atoms with Gasteiger partial charge in [0.25, 0.3) is 11.8 Å². The summed E-state index contributed by atoms with van der Waals surface area (Å²) in [5, 5.41) is 13.8. The number of rotatable bonds is 8. The van der Waals surface area contributed by atoms with Gasteiger partial charge in [-0.05, 0) is 36.8 Å². The van der Waals surface area contributed by atoms with Crippen molar-refractivity contribution in [3.8, 4) is 34.3 Å². The summed E-state index contributed by atoms with van der Waals surface area (Å²) in [6.07, 6.45) is 1.50. The Morgan fingerprint density at radius 3 is 2.37 bits per heavy atom. The Labute approximate surface area is 233 Å². The lowest BCUT2D eigenvalue weighted by Gasteiger charge is -2.15. The number of carbonyl (C=O) groups is 1. The molecule has 0 saturated heterocycles. The van der Waals surface area contributed by atoms with Crippen molar-refractivity contribution in [2.75, 3.05) is 31.9 Å². The minimum atomic E-state index is -0.732. The van der Waals surface area contributed by atoms with E-state index in [-0.39, 0.29) is 34.6 Å². The standard InChI is InChI=1S/C29H24F2N6O4/c1-15-24(16-5-7-17(30)8-6-16)26(32-2)27(37-36-15)28(38)34-18-9-10-21(19(31)13-18)41-22-11-12-33-20-14-23(39-3)29(40-4)35-25(20)22/h5-14H,1-4H3,(H,32,36)(H,34,38). The topological polar surface area (TPSA) is 120 Å². The Kier molecular flexibility index (Phi) is 7.55. The first kappa shape index (κ1) is 27.2. The molecule has 0 radical (unpaired) electrons. The maximum absolute atomic E-state index is 15.1. The highest BCUT2D eigenvalue weighted by Crippen LogP contribution is 2.36. The fraction of sp³-hybridized carbons (Fsp3) is 0.138.